The van der Waals surface area contributed by atoms with Crippen LogP contribution in [0.4, 0.5) is 5.69 Å². The van der Waals surface area contributed by atoms with E-state index in [0.29, 0.717) is 24.7 Å². The predicted molar refractivity (Wildman–Crippen MR) is 92.1 cm³/mol. The molecule has 3 unspecified atom stereocenters. The summed E-state index contributed by atoms with van der Waals surface area (Å²) in [7, 11) is 0. The van der Waals surface area contributed by atoms with Crippen LogP contribution < -0.4 is 4.90 Å². The van der Waals surface area contributed by atoms with E-state index in [0.717, 1.165) is 5.69 Å². The predicted octanol–water partition coefficient (Wildman–Crippen LogP) is 0.752. The van der Waals surface area contributed by atoms with Gasteiger partial charge in [0.05, 0.1) is 19.1 Å². The number of fused-ring (bicyclic) bond motifs is 1. The lowest BCUT2D eigenvalue weighted by Crippen LogP contribution is -2.40. The quantitative estimate of drug-likeness (QED) is 0.826. The molecular weight excluding hydrogens is 344 g/mol. The molecule has 6 nitrogen and oxygen atoms in total. The van der Waals surface area contributed by atoms with E-state index in [1.54, 1.807) is 28.0 Å². The van der Waals surface area contributed by atoms with Gasteiger partial charge in [0.1, 0.15) is 0 Å². The highest BCUT2D eigenvalue weighted by molar-refractivity contribution is 6.31. The van der Waals surface area contributed by atoms with Crippen molar-refractivity contribution in [1.29, 1.82) is 0 Å². The molecule has 3 fully saturated rings. The Morgan fingerprint density at radius 3 is 2.48 bits per heavy atom. The SMILES string of the molecule is O=C(C1CC(=O)N(c2cccc(Cl)c2)C1)N1CC2C(C1)C2(CO)CO. The number of rotatable bonds is 4. The van der Waals surface area contributed by atoms with Crippen molar-refractivity contribution in [2.75, 3.05) is 37.7 Å². The molecule has 1 aromatic carbocycles. The van der Waals surface area contributed by atoms with Crippen molar-refractivity contribution in [3.63, 3.8) is 0 Å². The minimum absolute atomic E-state index is 0.00476. The van der Waals surface area contributed by atoms with E-state index in [1.165, 1.54) is 0 Å². The minimum Gasteiger partial charge on any atom is -0.396 e. The summed E-state index contributed by atoms with van der Waals surface area (Å²) in [6.45, 7) is 1.42. The Labute approximate surface area is 151 Å². The van der Waals surface area contributed by atoms with Gasteiger partial charge in [0.2, 0.25) is 11.8 Å². The second-order valence-electron chi connectivity index (χ2n) is 7.39. The Bertz CT molecular complexity index is 707. The van der Waals surface area contributed by atoms with Gasteiger partial charge in [-0.2, -0.15) is 0 Å². The van der Waals surface area contributed by atoms with Crippen LogP contribution in [0.1, 0.15) is 6.42 Å². The van der Waals surface area contributed by atoms with Crippen LogP contribution in [-0.2, 0) is 9.59 Å². The number of likely N-dealkylation sites (tertiary alicyclic amines) is 1. The standard InChI is InChI=1S/C18H21ClN2O4/c19-12-2-1-3-13(5-12)21-6-11(4-16(21)24)17(25)20-7-14-15(8-20)18(14,9-22)10-23/h1-3,5,11,14-15,22-23H,4,6-10H2. The molecule has 0 bridgehead atoms. The van der Waals surface area contributed by atoms with Crippen LogP contribution in [0.5, 0.6) is 0 Å². The van der Waals surface area contributed by atoms with Gasteiger partial charge >= 0.3 is 0 Å². The Hall–Kier alpha value is -1.63. The molecule has 0 aromatic heterocycles. The molecule has 1 saturated carbocycles. The van der Waals surface area contributed by atoms with Crippen molar-refractivity contribution in [1.82, 2.24) is 4.90 Å². The van der Waals surface area contributed by atoms with E-state index in [1.807, 2.05) is 6.07 Å². The third-order valence-electron chi connectivity index (χ3n) is 6.18. The second kappa shape index (κ2) is 5.97. The minimum atomic E-state index is -0.408. The number of benzene rings is 1. The van der Waals surface area contributed by atoms with Crippen LogP contribution in [0, 0.1) is 23.2 Å². The van der Waals surface area contributed by atoms with Crippen molar-refractivity contribution in [2.24, 2.45) is 23.2 Å². The van der Waals surface area contributed by atoms with Gasteiger partial charge in [-0.05, 0) is 30.0 Å². The summed E-state index contributed by atoms with van der Waals surface area (Å²) in [6, 6.07) is 7.09. The number of piperidine rings is 1. The first kappa shape index (κ1) is 16.8. The van der Waals surface area contributed by atoms with Crippen LogP contribution >= 0.6 is 11.6 Å². The van der Waals surface area contributed by atoms with Gasteiger partial charge in [0, 0.05) is 42.2 Å². The maximum Gasteiger partial charge on any atom is 0.228 e. The van der Waals surface area contributed by atoms with Crippen LogP contribution in [-0.4, -0.2) is 59.8 Å². The third kappa shape index (κ3) is 2.55. The maximum absolute atomic E-state index is 12.8. The number of anilines is 1. The Kier molecular flexibility index (Phi) is 4.02. The Balaban J connectivity index is 1.41. The molecule has 0 spiro atoms. The lowest BCUT2D eigenvalue weighted by Gasteiger charge is -2.26. The van der Waals surface area contributed by atoms with Crippen molar-refractivity contribution in [3.05, 3.63) is 29.3 Å². The van der Waals surface area contributed by atoms with Crippen LogP contribution in [0.25, 0.3) is 0 Å². The first-order chi connectivity index (χ1) is 12.0. The van der Waals surface area contributed by atoms with E-state index in [2.05, 4.69) is 0 Å². The molecule has 25 heavy (non-hydrogen) atoms. The molecule has 2 amide bonds. The van der Waals surface area contributed by atoms with Crippen LogP contribution in [0.15, 0.2) is 24.3 Å². The highest BCUT2D eigenvalue weighted by Gasteiger charge is 2.68. The summed E-state index contributed by atoms with van der Waals surface area (Å²) in [5, 5.41) is 19.5. The van der Waals surface area contributed by atoms with Gasteiger partial charge in [-0.1, -0.05) is 17.7 Å². The molecule has 2 N–H and O–H groups in total. The van der Waals surface area contributed by atoms with Gasteiger partial charge in [0.25, 0.3) is 0 Å². The highest BCUT2D eigenvalue weighted by Crippen LogP contribution is 2.62. The number of hydrogen-bond donors (Lipinski definition) is 2. The van der Waals surface area contributed by atoms with E-state index in [-0.39, 0.29) is 49.2 Å². The summed E-state index contributed by atoms with van der Waals surface area (Å²) in [5.74, 6) is -0.0679. The zero-order valence-electron chi connectivity index (χ0n) is 13.8. The number of carbonyl (C=O) groups is 2. The van der Waals surface area contributed by atoms with Crippen molar-refractivity contribution >= 4 is 29.1 Å². The summed E-state index contributed by atoms with van der Waals surface area (Å²) in [4.78, 5) is 28.5. The smallest absolute Gasteiger partial charge is 0.228 e. The fourth-order valence-electron chi connectivity index (χ4n) is 4.56. The van der Waals surface area contributed by atoms with E-state index in [9.17, 15) is 19.8 Å². The maximum atomic E-state index is 12.8. The van der Waals surface area contributed by atoms with E-state index in [4.69, 9.17) is 11.6 Å². The monoisotopic (exact) mass is 364 g/mol. The topological polar surface area (TPSA) is 81.1 Å². The molecule has 2 heterocycles. The first-order valence-corrected chi connectivity index (χ1v) is 8.94. The fraction of sp³-hybridized carbons (Fsp3) is 0.556. The molecule has 3 aliphatic rings. The number of aliphatic hydroxyl groups excluding tert-OH is 2. The van der Waals surface area contributed by atoms with Gasteiger partial charge in [-0.3, -0.25) is 9.59 Å². The molecule has 0 radical (unpaired) electrons. The molecule has 3 atom stereocenters. The largest absolute Gasteiger partial charge is 0.396 e. The number of hydrogen-bond acceptors (Lipinski definition) is 4. The van der Waals surface area contributed by atoms with Gasteiger partial charge in [0.15, 0.2) is 0 Å². The van der Waals surface area contributed by atoms with Gasteiger partial charge in [-0.25, -0.2) is 0 Å². The lowest BCUT2D eigenvalue weighted by atomic mass is 10.0. The molecule has 134 valence electrons. The third-order valence-corrected chi connectivity index (χ3v) is 6.42. The number of aliphatic hydroxyl groups is 2. The van der Waals surface area contributed by atoms with Gasteiger partial charge in [-0.15, -0.1) is 0 Å². The zero-order valence-corrected chi connectivity index (χ0v) is 14.5. The lowest BCUT2D eigenvalue weighted by molar-refractivity contribution is -0.136. The molecule has 2 saturated heterocycles. The van der Waals surface area contributed by atoms with Crippen LogP contribution in [0.3, 0.4) is 0 Å². The first-order valence-electron chi connectivity index (χ1n) is 8.56. The number of halogens is 1. The normalized spacial score (nSPS) is 29.9. The molecule has 7 heteroatoms. The average molecular weight is 365 g/mol. The summed E-state index contributed by atoms with van der Waals surface area (Å²) in [6.07, 6.45) is 0.211. The summed E-state index contributed by atoms with van der Waals surface area (Å²) >= 11 is 5.99. The molecule has 2 aliphatic heterocycles. The van der Waals surface area contributed by atoms with Crippen molar-refractivity contribution in [3.8, 4) is 0 Å². The van der Waals surface area contributed by atoms with Crippen molar-refractivity contribution in [2.45, 2.75) is 6.42 Å². The molecule has 1 aromatic rings. The highest BCUT2D eigenvalue weighted by atomic mass is 35.5. The second-order valence-corrected chi connectivity index (χ2v) is 7.83. The summed E-state index contributed by atoms with van der Waals surface area (Å²) in [5.41, 5.74) is 0.311. The molecule has 4 rings (SSSR count). The van der Waals surface area contributed by atoms with Crippen LogP contribution in [0.2, 0.25) is 5.02 Å². The Morgan fingerprint density at radius 2 is 1.88 bits per heavy atom. The Morgan fingerprint density at radius 1 is 1.20 bits per heavy atom. The van der Waals surface area contributed by atoms with E-state index >= 15 is 0 Å². The fourth-order valence-corrected chi connectivity index (χ4v) is 4.75. The number of carbonyl (C=O) groups excluding carboxylic acids is 2. The number of amides is 2. The average Bonchev–Trinajstić information content (AvgIpc) is 2.95. The zero-order chi connectivity index (χ0) is 17.8. The van der Waals surface area contributed by atoms with E-state index < -0.39 is 5.41 Å². The molecular formula is C18H21ClN2O4. The molecule has 1 aliphatic carbocycles. The summed E-state index contributed by atoms with van der Waals surface area (Å²) < 4.78 is 0. The van der Waals surface area contributed by atoms with Gasteiger partial charge < -0.3 is 20.0 Å². The van der Waals surface area contributed by atoms with Crippen molar-refractivity contribution < 1.29 is 19.8 Å². The number of nitrogens with zero attached hydrogens (tertiary/aromatic N) is 2.